The van der Waals surface area contributed by atoms with Gasteiger partial charge in [-0.25, -0.2) is 4.79 Å². The van der Waals surface area contributed by atoms with Crippen LogP contribution in [0.1, 0.15) is 53.8 Å². The lowest BCUT2D eigenvalue weighted by atomic mass is 9.58. The van der Waals surface area contributed by atoms with Crippen molar-refractivity contribution in [2.75, 3.05) is 14.2 Å². The largest absolute Gasteiger partial charge is 0.478 e. The molecule has 23 heavy (non-hydrogen) atoms. The van der Waals surface area contributed by atoms with Crippen molar-refractivity contribution in [3.63, 3.8) is 0 Å². The number of carboxylic acid groups (broad SMARTS) is 1. The molecule has 1 aromatic rings. The summed E-state index contributed by atoms with van der Waals surface area (Å²) in [6.45, 7) is 4.24. The average molecular weight is 320 g/mol. The highest BCUT2D eigenvalue weighted by Gasteiger charge is 2.55. The molecular weight excluding hydrogens is 296 g/mol. The second-order valence-electron chi connectivity index (χ2n) is 6.10. The van der Waals surface area contributed by atoms with E-state index in [0.717, 1.165) is 19.3 Å². The summed E-state index contributed by atoms with van der Waals surface area (Å²) in [6.07, 6.45) is 5.46. The molecule has 2 atom stereocenters. The third-order valence-electron chi connectivity index (χ3n) is 5.36. The zero-order chi connectivity index (χ0) is 17.2. The van der Waals surface area contributed by atoms with Crippen molar-refractivity contribution in [3.8, 4) is 0 Å². The zero-order valence-electron chi connectivity index (χ0n) is 14.1. The third kappa shape index (κ3) is 2.83. The molecule has 1 fully saturated rings. The molecule has 6 heteroatoms. The highest BCUT2D eigenvalue weighted by Crippen LogP contribution is 2.51. The number of hydrogen-bond donors (Lipinski definition) is 1. The number of amides is 1. The molecule has 1 aromatic heterocycles. The van der Waals surface area contributed by atoms with E-state index in [-0.39, 0.29) is 29.0 Å². The normalized spacial score (nSPS) is 22.3. The topological polar surface area (TPSA) is 79.7 Å². The van der Waals surface area contributed by atoms with E-state index in [0.29, 0.717) is 5.56 Å². The fraction of sp³-hybridized carbons (Fsp3) is 0.588. The molecule has 1 N–H and O–H groups in total. The Morgan fingerprint density at radius 3 is 2.48 bits per heavy atom. The van der Waals surface area contributed by atoms with Gasteiger partial charge in [0.2, 0.25) is 0 Å². The second-order valence-corrected chi connectivity index (χ2v) is 6.10. The summed E-state index contributed by atoms with van der Waals surface area (Å²) in [7, 11) is 3.48. The van der Waals surface area contributed by atoms with Crippen LogP contribution in [-0.4, -0.2) is 53.2 Å². The van der Waals surface area contributed by atoms with E-state index in [1.807, 2.05) is 0 Å². The van der Waals surface area contributed by atoms with Crippen molar-refractivity contribution in [2.24, 2.45) is 5.41 Å². The number of rotatable bonds is 6. The van der Waals surface area contributed by atoms with Gasteiger partial charge in [-0.1, -0.05) is 13.8 Å². The van der Waals surface area contributed by atoms with Gasteiger partial charge in [-0.15, -0.1) is 0 Å². The van der Waals surface area contributed by atoms with Crippen molar-refractivity contribution in [3.05, 3.63) is 29.6 Å². The molecule has 0 saturated heterocycles. The van der Waals surface area contributed by atoms with E-state index in [1.54, 1.807) is 19.1 Å². The highest BCUT2D eigenvalue weighted by atomic mass is 16.5. The Morgan fingerprint density at radius 1 is 1.35 bits per heavy atom. The third-order valence-corrected chi connectivity index (χ3v) is 5.36. The fourth-order valence-electron chi connectivity index (χ4n) is 3.80. The van der Waals surface area contributed by atoms with Gasteiger partial charge in [0, 0.05) is 38.0 Å². The molecule has 2 rings (SSSR count). The lowest BCUT2D eigenvalue weighted by molar-refractivity contribution is -0.147. The summed E-state index contributed by atoms with van der Waals surface area (Å²) in [5.74, 6) is -1.29. The number of methoxy groups -OCH3 is 1. The molecule has 0 aliphatic heterocycles. The summed E-state index contributed by atoms with van der Waals surface area (Å²) in [5.41, 5.74) is 0.274. The lowest BCUT2D eigenvalue weighted by Crippen LogP contribution is -2.64. The van der Waals surface area contributed by atoms with Crippen molar-refractivity contribution < 1.29 is 19.4 Å². The van der Waals surface area contributed by atoms with Crippen LogP contribution in [0.2, 0.25) is 0 Å². The van der Waals surface area contributed by atoms with Gasteiger partial charge >= 0.3 is 5.97 Å². The molecule has 6 nitrogen and oxygen atoms in total. The average Bonchev–Trinajstić information content (AvgIpc) is 2.55. The minimum Gasteiger partial charge on any atom is -0.478 e. The molecule has 0 aromatic carbocycles. The number of hydrogen-bond acceptors (Lipinski definition) is 4. The first kappa shape index (κ1) is 17.4. The maximum atomic E-state index is 12.7. The van der Waals surface area contributed by atoms with Crippen LogP contribution in [-0.2, 0) is 4.74 Å². The van der Waals surface area contributed by atoms with Gasteiger partial charge in [-0.05, 0) is 25.3 Å². The monoisotopic (exact) mass is 320 g/mol. The molecule has 0 radical (unpaired) electrons. The van der Waals surface area contributed by atoms with Gasteiger partial charge in [0.05, 0.1) is 17.2 Å². The van der Waals surface area contributed by atoms with Crippen LogP contribution in [0.5, 0.6) is 0 Å². The Labute approximate surface area is 136 Å². The van der Waals surface area contributed by atoms with Gasteiger partial charge in [-0.3, -0.25) is 9.78 Å². The first-order chi connectivity index (χ1) is 10.9. The Balaban J connectivity index is 2.23. The van der Waals surface area contributed by atoms with Crippen LogP contribution in [0.25, 0.3) is 0 Å². The summed E-state index contributed by atoms with van der Waals surface area (Å²) < 4.78 is 5.57. The Hall–Kier alpha value is -1.95. The molecule has 2 unspecified atom stereocenters. The number of carbonyl (C=O) groups is 2. The fourth-order valence-corrected chi connectivity index (χ4v) is 3.80. The standard InChI is InChI=1S/C17H24N2O4/c1-5-17(6-2)13(8-14(17)23-4)19(3)15(20)11-7-12(16(21)22)10-18-9-11/h7,9-10,13-14H,5-6,8H2,1-4H3,(H,21,22). The first-order valence-electron chi connectivity index (χ1n) is 7.89. The van der Waals surface area contributed by atoms with E-state index < -0.39 is 5.97 Å². The van der Waals surface area contributed by atoms with Crippen LogP contribution < -0.4 is 0 Å². The number of aromatic carboxylic acids is 1. The number of pyridine rings is 1. The van der Waals surface area contributed by atoms with E-state index in [4.69, 9.17) is 9.84 Å². The Morgan fingerprint density at radius 2 is 1.96 bits per heavy atom. The number of carboxylic acids is 1. The first-order valence-corrected chi connectivity index (χ1v) is 7.89. The van der Waals surface area contributed by atoms with Gasteiger partial charge in [0.25, 0.3) is 5.91 Å². The van der Waals surface area contributed by atoms with Crippen LogP contribution in [0.15, 0.2) is 18.5 Å². The Kier molecular flexibility index (Phi) is 5.04. The van der Waals surface area contributed by atoms with Crippen LogP contribution in [0.4, 0.5) is 0 Å². The summed E-state index contributed by atoms with van der Waals surface area (Å²) in [4.78, 5) is 29.3. The quantitative estimate of drug-likeness (QED) is 0.871. The van der Waals surface area contributed by atoms with Gasteiger partial charge in [0.1, 0.15) is 0 Å². The number of ether oxygens (including phenoxy) is 1. The Bertz CT molecular complexity index is 598. The molecule has 1 saturated carbocycles. The van der Waals surface area contributed by atoms with Gasteiger partial charge in [0.15, 0.2) is 0 Å². The second kappa shape index (κ2) is 6.66. The van der Waals surface area contributed by atoms with Crippen molar-refractivity contribution >= 4 is 11.9 Å². The molecule has 1 heterocycles. The van der Waals surface area contributed by atoms with Gasteiger partial charge < -0.3 is 14.7 Å². The summed E-state index contributed by atoms with van der Waals surface area (Å²) in [6, 6.07) is 1.46. The number of carbonyl (C=O) groups excluding carboxylic acids is 1. The molecule has 1 aliphatic carbocycles. The minimum absolute atomic E-state index is 0.0184. The van der Waals surface area contributed by atoms with Crippen molar-refractivity contribution in [1.82, 2.24) is 9.88 Å². The van der Waals surface area contributed by atoms with Crippen molar-refractivity contribution in [2.45, 2.75) is 45.3 Å². The zero-order valence-corrected chi connectivity index (χ0v) is 14.1. The molecule has 0 bridgehead atoms. The summed E-state index contributed by atoms with van der Waals surface area (Å²) >= 11 is 0. The molecule has 126 valence electrons. The van der Waals surface area contributed by atoms with Gasteiger partial charge in [-0.2, -0.15) is 0 Å². The maximum absolute atomic E-state index is 12.7. The van der Waals surface area contributed by atoms with Crippen LogP contribution in [0.3, 0.4) is 0 Å². The number of aromatic nitrogens is 1. The van der Waals surface area contributed by atoms with Crippen LogP contribution in [0, 0.1) is 5.41 Å². The SMILES string of the molecule is CCC1(CC)C(OC)CC1N(C)C(=O)c1cncc(C(=O)O)c1. The van der Waals surface area contributed by atoms with Crippen LogP contribution >= 0.6 is 0 Å². The highest BCUT2D eigenvalue weighted by molar-refractivity contribution is 5.97. The van der Waals surface area contributed by atoms with E-state index in [1.165, 1.54) is 18.5 Å². The molecular formula is C17H24N2O4. The van der Waals surface area contributed by atoms with E-state index in [9.17, 15) is 9.59 Å². The van der Waals surface area contributed by atoms with E-state index in [2.05, 4.69) is 18.8 Å². The molecule has 0 spiro atoms. The predicted octanol–water partition coefficient (Wildman–Crippen LogP) is 2.45. The molecule has 1 aliphatic rings. The number of nitrogens with zero attached hydrogens (tertiary/aromatic N) is 2. The van der Waals surface area contributed by atoms with E-state index >= 15 is 0 Å². The van der Waals surface area contributed by atoms with Crippen molar-refractivity contribution in [1.29, 1.82) is 0 Å². The predicted molar refractivity (Wildman–Crippen MR) is 85.5 cm³/mol. The summed E-state index contributed by atoms with van der Waals surface area (Å²) in [5, 5.41) is 9.04. The molecule has 1 amide bonds. The maximum Gasteiger partial charge on any atom is 0.337 e. The minimum atomic E-state index is -1.09. The smallest absolute Gasteiger partial charge is 0.337 e. The lowest BCUT2D eigenvalue weighted by Gasteiger charge is -2.57.